The number of amides is 4. The van der Waals surface area contributed by atoms with Crippen molar-refractivity contribution in [3.8, 4) is 0 Å². The summed E-state index contributed by atoms with van der Waals surface area (Å²) in [7, 11) is 1.45. The standard InChI is InChI=1S/C18H30N4O6/c1-10(21(5)17(26)28-18(2,3)4)15(24)20-11-8-9-27-13-7-6-12(14(19)23)22(13)16(11)25/h10-13H,6-9H2,1-5H3,(H2,19,23)(H,20,24)/t10-,11-,12+,13-/m0/s1. The maximum absolute atomic E-state index is 12.9. The van der Waals surface area contributed by atoms with Crippen molar-refractivity contribution in [2.24, 2.45) is 5.73 Å². The molecule has 4 atom stereocenters. The van der Waals surface area contributed by atoms with E-state index in [2.05, 4.69) is 5.32 Å². The Hall–Kier alpha value is -2.36. The van der Waals surface area contributed by atoms with Crippen molar-refractivity contribution in [2.45, 2.75) is 76.9 Å². The van der Waals surface area contributed by atoms with Crippen LogP contribution in [0.3, 0.4) is 0 Å². The van der Waals surface area contributed by atoms with Crippen LogP contribution in [0.4, 0.5) is 4.79 Å². The second-order valence-electron chi connectivity index (χ2n) is 8.18. The summed E-state index contributed by atoms with van der Waals surface area (Å²) in [5.74, 6) is -1.49. The van der Waals surface area contributed by atoms with Crippen molar-refractivity contribution in [3.05, 3.63) is 0 Å². The van der Waals surface area contributed by atoms with Gasteiger partial charge in [0, 0.05) is 13.5 Å². The monoisotopic (exact) mass is 398 g/mol. The molecule has 0 aromatic rings. The summed E-state index contributed by atoms with van der Waals surface area (Å²) in [6.45, 7) is 7.00. The van der Waals surface area contributed by atoms with Crippen LogP contribution in [-0.2, 0) is 23.9 Å². The predicted octanol–water partition coefficient (Wildman–Crippen LogP) is -0.0507. The van der Waals surface area contributed by atoms with Gasteiger partial charge >= 0.3 is 6.09 Å². The number of carbonyl (C=O) groups is 4. The summed E-state index contributed by atoms with van der Waals surface area (Å²) < 4.78 is 10.9. The van der Waals surface area contributed by atoms with Crippen molar-refractivity contribution in [1.82, 2.24) is 15.1 Å². The number of fused-ring (bicyclic) bond motifs is 1. The van der Waals surface area contributed by atoms with Gasteiger partial charge < -0.3 is 25.4 Å². The molecule has 2 saturated heterocycles. The largest absolute Gasteiger partial charge is 0.444 e. The molecule has 0 saturated carbocycles. The summed E-state index contributed by atoms with van der Waals surface area (Å²) in [5, 5.41) is 2.67. The maximum atomic E-state index is 12.9. The number of nitrogens with zero attached hydrogens (tertiary/aromatic N) is 2. The third-order valence-corrected chi connectivity index (χ3v) is 4.89. The van der Waals surface area contributed by atoms with Gasteiger partial charge in [-0.15, -0.1) is 0 Å². The fourth-order valence-electron chi connectivity index (χ4n) is 3.24. The third-order valence-electron chi connectivity index (χ3n) is 4.89. The van der Waals surface area contributed by atoms with Gasteiger partial charge in [-0.2, -0.15) is 0 Å². The molecule has 2 heterocycles. The first-order valence-electron chi connectivity index (χ1n) is 9.41. The lowest BCUT2D eigenvalue weighted by atomic mass is 10.1. The Morgan fingerprint density at radius 3 is 2.50 bits per heavy atom. The average molecular weight is 398 g/mol. The van der Waals surface area contributed by atoms with Crippen LogP contribution in [0, 0.1) is 0 Å². The summed E-state index contributed by atoms with van der Waals surface area (Å²) >= 11 is 0. The highest BCUT2D eigenvalue weighted by Gasteiger charge is 2.45. The summed E-state index contributed by atoms with van der Waals surface area (Å²) in [4.78, 5) is 51.9. The van der Waals surface area contributed by atoms with Gasteiger partial charge in [0.05, 0.1) is 6.61 Å². The van der Waals surface area contributed by atoms with Crippen LogP contribution in [0.15, 0.2) is 0 Å². The van der Waals surface area contributed by atoms with Gasteiger partial charge in [-0.3, -0.25) is 19.3 Å². The van der Waals surface area contributed by atoms with E-state index in [1.54, 1.807) is 27.7 Å². The van der Waals surface area contributed by atoms with Crippen LogP contribution >= 0.6 is 0 Å². The first-order valence-corrected chi connectivity index (χ1v) is 9.41. The molecule has 0 radical (unpaired) electrons. The predicted molar refractivity (Wildman–Crippen MR) is 98.8 cm³/mol. The number of hydrogen-bond donors (Lipinski definition) is 2. The second kappa shape index (κ2) is 8.34. The van der Waals surface area contributed by atoms with Crippen molar-refractivity contribution in [3.63, 3.8) is 0 Å². The number of primary amides is 1. The molecular weight excluding hydrogens is 368 g/mol. The molecule has 2 aliphatic rings. The van der Waals surface area contributed by atoms with Gasteiger partial charge in [0.2, 0.25) is 17.7 Å². The fraction of sp³-hybridized carbons (Fsp3) is 0.778. The van der Waals surface area contributed by atoms with Gasteiger partial charge in [-0.1, -0.05) is 0 Å². The SMILES string of the molecule is C[C@@H](C(=O)N[C@H]1CCO[C@H]2CC[C@H](C(N)=O)N2C1=O)N(C)C(=O)OC(C)(C)C. The Kier molecular flexibility index (Phi) is 6.53. The van der Waals surface area contributed by atoms with Crippen molar-refractivity contribution < 1.29 is 28.7 Å². The van der Waals surface area contributed by atoms with Gasteiger partial charge in [0.15, 0.2) is 0 Å². The molecule has 0 aromatic carbocycles. The Balaban J connectivity index is 2.04. The molecule has 2 fully saturated rings. The van der Waals surface area contributed by atoms with E-state index < -0.39 is 53.8 Å². The zero-order chi connectivity index (χ0) is 21.2. The van der Waals surface area contributed by atoms with Crippen LogP contribution in [0.2, 0.25) is 0 Å². The van der Waals surface area contributed by atoms with E-state index in [1.807, 2.05) is 0 Å². The number of likely N-dealkylation sites (N-methyl/N-ethyl adjacent to an activating group) is 1. The van der Waals surface area contributed by atoms with E-state index in [0.717, 1.165) is 0 Å². The molecule has 10 heteroatoms. The lowest BCUT2D eigenvalue weighted by molar-refractivity contribution is -0.148. The quantitative estimate of drug-likeness (QED) is 0.682. The van der Waals surface area contributed by atoms with Gasteiger partial charge in [-0.25, -0.2) is 4.79 Å². The van der Waals surface area contributed by atoms with Crippen molar-refractivity contribution in [1.29, 1.82) is 0 Å². The Morgan fingerprint density at radius 2 is 1.93 bits per heavy atom. The van der Waals surface area contributed by atoms with Gasteiger partial charge in [-0.05, 0) is 40.5 Å². The van der Waals surface area contributed by atoms with E-state index in [1.165, 1.54) is 16.8 Å². The molecule has 0 spiro atoms. The highest BCUT2D eigenvalue weighted by molar-refractivity contribution is 5.94. The lowest BCUT2D eigenvalue weighted by Crippen LogP contribution is -2.56. The highest BCUT2D eigenvalue weighted by Crippen LogP contribution is 2.28. The number of nitrogens with one attached hydrogen (secondary N) is 1. The number of hydrogen-bond acceptors (Lipinski definition) is 6. The molecule has 10 nitrogen and oxygen atoms in total. The Morgan fingerprint density at radius 1 is 1.29 bits per heavy atom. The number of nitrogens with two attached hydrogens (primary N) is 1. The molecule has 28 heavy (non-hydrogen) atoms. The van der Waals surface area contributed by atoms with Gasteiger partial charge in [0.25, 0.3) is 0 Å². The topological polar surface area (TPSA) is 131 Å². The number of ether oxygens (including phenoxy) is 2. The van der Waals surface area contributed by atoms with Crippen molar-refractivity contribution in [2.75, 3.05) is 13.7 Å². The van der Waals surface area contributed by atoms with E-state index in [4.69, 9.17) is 15.2 Å². The Bertz CT molecular complexity index is 646. The normalized spacial score (nSPS) is 26.1. The van der Waals surface area contributed by atoms with Crippen LogP contribution in [0.5, 0.6) is 0 Å². The maximum Gasteiger partial charge on any atom is 0.410 e. The van der Waals surface area contributed by atoms with Gasteiger partial charge in [0.1, 0.15) is 30.0 Å². The smallest absolute Gasteiger partial charge is 0.410 e. The van der Waals surface area contributed by atoms with E-state index >= 15 is 0 Å². The number of carbonyl (C=O) groups excluding carboxylic acids is 4. The first kappa shape index (κ1) is 21.9. The number of rotatable bonds is 4. The molecular formula is C18H30N4O6. The van der Waals surface area contributed by atoms with E-state index in [9.17, 15) is 19.2 Å². The lowest BCUT2D eigenvalue weighted by Gasteiger charge is -2.31. The minimum Gasteiger partial charge on any atom is -0.444 e. The summed E-state index contributed by atoms with van der Waals surface area (Å²) in [5.41, 5.74) is 4.71. The van der Waals surface area contributed by atoms with Crippen LogP contribution in [0.25, 0.3) is 0 Å². The molecule has 2 aliphatic heterocycles. The minimum atomic E-state index is -0.855. The Labute approximate surface area is 164 Å². The third kappa shape index (κ3) is 4.92. The fourth-order valence-corrected chi connectivity index (χ4v) is 3.24. The molecule has 2 rings (SSSR count). The molecule has 3 N–H and O–H groups in total. The van der Waals surface area contributed by atoms with Crippen molar-refractivity contribution >= 4 is 23.8 Å². The highest BCUT2D eigenvalue weighted by atomic mass is 16.6. The van der Waals surface area contributed by atoms with Crippen LogP contribution < -0.4 is 11.1 Å². The molecule has 0 bridgehead atoms. The summed E-state index contributed by atoms with van der Waals surface area (Å²) in [6.07, 6.45) is 0.0846. The minimum absolute atomic E-state index is 0.264. The second-order valence-corrected chi connectivity index (χ2v) is 8.18. The molecule has 0 unspecified atom stereocenters. The van der Waals surface area contributed by atoms with E-state index in [0.29, 0.717) is 12.8 Å². The average Bonchev–Trinajstić information content (AvgIpc) is 2.95. The zero-order valence-electron chi connectivity index (χ0n) is 17.1. The molecule has 0 aliphatic carbocycles. The molecule has 0 aromatic heterocycles. The zero-order valence-corrected chi connectivity index (χ0v) is 17.1. The summed E-state index contributed by atoms with van der Waals surface area (Å²) in [6, 6.07) is -2.45. The molecule has 158 valence electrons. The van der Waals surface area contributed by atoms with Crippen LogP contribution in [0.1, 0.15) is 47.0 Å². The van der Waals surface area contributed by atoms with Crippen LogP contribution in [-0.4, -0.2) is 77.2 Å². The molecule has 4 amide bonds. The van der Waals surface area contributed by atoms with E-state index in [-0.39, 0.29) is 13.0 Å². The first-order chi connectivity index (χ1) is 12.9.